The van der Waals surface area contributed by atoms with E-state index in [2.05, 4.69) is 4.84 Å². The summed E-state index contributed by atoms with van der Waals surface area (Å²) in [4.78, 5) is 15.6. The number of nitrogens with two attached hydrogens (primary N) is 1. The van der Waals surface area contributed by atoms with Crippen LogP contribution in [0.4, 0.5) is 0 Å². The highest BCUT2D eigenvalue weighted by atomic mass is 16.7. The first-order valence-corrected chi connectivity index (χ1v) is 3.99. The summed E-state index contributed by atoms with van der Waals surface area (Å²) in [7, 11) is 0. The predicted molar refractivity (Wildman–Crippen MR) is 45.2 cm³/mol. The Hall–Kier alpha value is -0.610. The van der Waals surface area contributed by atoms with Crippen LogP contribution in [0.1, 0.15) is 34.1 Å². The Morgan fingerprint density at radius 3 is 2.25 bits per heavy atom. The molecule has 0 spiro atoms. The predicted octanol–water partition coefficient (Wildman–Crippen LogP) is 0.997. The van der Waals surface area contributed by atoms with E-state index in [0.29, 0.717) is 6.42 Å². The highest BCUT2D eigenvalue weighted by Crippen LogP contribution is 2.10. The van der Waals surface area contributed by atoms with Gasteiger partial charge < -0.3 is 4.74 Å². The topological polar surface area (TPSA) is 61.5 Å². The van der Waals surface area contributed by atoms with E-state index in [1.807, 2.05) is 0 Å². The van der Waals surface area contributed by atoms with E-state index in [1.54, 1.807) is 27.7 Å². The van der Waals surface area contributed by atoms with Gasteiger partial charge in [0.25, 0.3) is 0 Å². The molecule has 4 nitrogen and oxygen atoms in total. The molecule has 0 aromatic carbocycles. The fourth-order valence-electron chi connectivity index (χ4n) is 0.686. The molecule has 0 aliphatic rings. The van der Waals surface area contributed by atoms with Crippen LogP contribution < -0.4 is 5.90 Å². The molecule has 0 unspecified atom stereocenters. The molecule has 0 rings (SSSR count). The van der Waals surface area contributed by atoms with Crippen molar-refractivity contribution in [2.75, 3.05) is 0 Å². The average Bonchev–Trinajstić information content (AvgIpc) is 1.85. The second-order valence-corrected chi connectivity index (χ2v) is 3.57. The van der Waals surface area contributed by atoms with Gasteiger partial charge in [0.15, 0.2) is 6.10 Å². The van der Waals surface area contributed by atoms with E-state index in [4.69, 9.17) is 10.6 Å². The van der Waals surface area contributed by atoms with Crippen LogP contribution in [0.15, 0.2) is 0 Å². The number of carbonyl (C=O) groups excluding carboxylic acids is 1. The first-order chi connectivity index (χ1) is 5.40. The molecule has 12 heavy (non-hydrogen) atoms. The summed E-state index contributed by atoms with van der Waals surface area (Å²) in [5.41, 5.74) is -0.483. The molecule has 0 amide bonds. The third kappa shape index (κ3) is 4.31. The number of hydrogen-bond acceptors (Lipinski definition) is 4. The first kappa shape index (κ1) is 11.4. The van der Waals surface area contributed by atoms with Crippen LogP contribution in [0.3, 0.4) is 0 Å². The van der Waals surface area contributed by atoms with Gasteiger partial charge in [-0.2, -0.15) is 0 Å². The highest BCUT2D eigenvalue weighted by Gasteiger charge is 2.23. The van der Waals surface area contributed by atoms with E-state index in [-0.39, 0.29) is 0 Å². The normalized spacial score (nSPS) is 14.1. The van der Waals surface area contributed by atoms with Crippen LogP contribution in [0, 0.1) is 0 Å². The summed E-state index contributed by atoms with van der Waals surface area (Å²) >= 11 is 0. The molecule has 0 saturated carbocycles. The number of carbonyl (C=O) groups is 1. The minimum absolute atomic E-state index is 0.410. The van der Waals surface area contributed by atoms with Gasteiger partial charge in [0.1, 0.15) is 5.60 Å². The summed E-state index contributed by atoms with van der Waals surface area (Å²) in [5, 5.41) is 0. The van der Waals surface area contributed by atoms with E-state index in [1.165, 1.54) is 0 Å². The van der Waals surface area contributed by atoms with Crippen molar-refractivity contribution in [1.29, 1.82) is 0 Å². The van der Waals surface area contributed by atoms with Crippen LogP contribution in [0.25, 0.3) is 0 Å². The zero-order chi connectivity index (χ0) is 9.78. The fourth-order valence-corrected chi connectivity index (χ4v) is 0.686. The van der Waals surface area contributed by atoms with Crippen molar-refractivity contribution in [3.63, 3.8) is 0 Å². The van der Waals surface area contributed by atoms with Crippen LogP contribution >= 0.6 is 0 Å². The van der Waals surface area contributed by atoms with Crippen LogP contribution in [0.5, 0.6) is 0 Å². The van der Waals surface area contributed by atoms with Crippen molar-refractivity contribution >= 4 is 5.97 Å². The second kappa shape index (κ2) is 4.42. The third-order valence-electron chi connectivity index (χ3n) is 1.20. The summed E-state index contributed by atoms with van der Waals surface area (Å²) in [5.74, 6) is 4.49. The molecule has 0 aliphatic carbocycles. The maximum Gasteiger partial charge on any atom is 0.337 e. The standard InChI is InChI=1S/C8H17NO3/c1-5-6(12-9)7(10)11-8(2,3)4/h6H,5,9H2,1-4H3/t6-/m0/s1. The summed E-state index contributed by atoms with van der Waals surface area (Å²) < 4.78 is 5.04. The van der Waals surface area contributed by atoms with Gasteiger partial charge in [-0.15, -0.1) is 0 Å². The van der Waals surface area contributed by atoms with Crippen LogP contribution in [-0.2, 0) is 14.4 Å². The first-order valence-electron chi connectivity index (χ1n) is 3.99. The number of ether oxygens (including phenoxy) is 1. The van der Waals surface area contributed by atoms with Crippen LogP contribution in [0.2, 0.25) is 0 Å². The van der Waals surface area contributed by atoms with Gasteiger partial charge in [0.05, 0.1) is 0 Å². The zero-order valence-corrected chi connectivity index (χ0v) is 8.09. The largest absolute Gasteiger partial charge is 0.458 e. The maximum atomic E-state index is 11.2. The highest BCUT2D eigenvalue weighted by molar-refractivity contribution is 5.74. The zero-order valence-electron chi connectivity index (χ0n) is 8.09. The van der Waals surface area contributed by atoms with E-state index in [9.17, 15) is 4.79 Å². The Morgan fingerprint density at radius 2 is 2.00 bits per heavy atom. The lowest BCUT2D eigenvalue weighted by Crippen LogP contribution is -2.34. The maximum absolute atomic E-state index is 11.2. The van der Waals surface area contributed by atoms with Crippen molar-refractivity contribution in [3.8, 4) is 0 Å². The average molecular weight is 175 g/mol. The lowest BCUT2D eigenvalue weighted by atomic mass is 10.2. The van der Waals surface area contributed by atoms with Gasteiger partial charge in [-0.05, 0) is 27.2 Å². The molecule has 4 heteroatoms. The molecule has 0 aliphatic heterocycles. The molecular weight excluding hydrogens is 158 g/mol. The molecule has 1 atom stereocenters. The van der Waals surface area contributed by atoms with Crippen molar-refractivity contribution < 1.29 is 14.4 Å². The molecule has 0 radical (unpaired) electrons. The minimum atomic E-state index is -0.649. The van der Waals surface area contributed by atoms with Gasteiger partial charge in [0.2, 0.25) is 0 Å². The summed E-state index contributed by atoms with van der Waals surface area (Å²) in [6.07, 6.45) is -0.130. The Morgan fingerprint density at radius 1 is 1.50 bits per heavy atom. The fraction of sp³-hybridized carbons (Fsp3) is 0.875. The number of hydrogen-bond donors (Lipinski definition) is 1. The van der Waals surface area contributed by atoms with Crippen LogP contribution in [-0.4, -0.2) is 17.7 Å². The lowest BCUT2D eigenvalue weighted by Gasteiger charge is -2.22. The SMILES string of the molecule is CC[C@H](ON)C(=O)OC(C)(C)C. The monoisotopic (exact) mass is 175 g/mol. The van der Waals surface area contributed by atoms with Crippen molar-refractivity contribution in [2.24, 2.45) is 5.90 Å². The number of rotatable bonds is 3. The van der Waals surface area contributed by atoms with E-state index in [0.717, 1.165) is 0 Å². The summed E-state index contributed by atoms with van der Waals surface area (Å²) in [6.45, 7) is 7.21. The van der Waals surface area contributed by atoms with Gasteiger partial charge in [-0.3, -0.25) is 4.84 Å². The molecule has 0 heterocycles. The Labute approximate surface area is 73.0 Å². The Kier molecular flexibility index (Phi) is 4.20. The number of esters is 1. The van der Waals surface area contributed by atoms with E-state index < -0.39 is 17.7 Å². The van der Waals surface area contributed by atoms with Gasteiger partial charge in [-0.25, -0.2) is 10.7 Å². The molecular formula is C8H17NO3. The van der Waals surface area contributed by atoms with Gasteiger partial charge in [-0.1, -0.05) is 6.92 Å². The molecule has 0 aromatic heterocycles. The third-order valence-corrected chi connectivity index (χ3v) is 1.20. The second-order valence-electron chi connectivity index (χ2n) is 3.57. The molecule has 0 fully saturated rings. The molecule has 0 aromatic rings. The van der Waals surface area contributed by atoms with E-state index >= 15 is 0 Å². The van der Waals surface area contributed by atoms with Crippen molar-refractivity contribution in [1.82, 2.24) is 0 Å². The Bertz CT molecular complexity index is 147. The molecule has 0 bridgehead atoms. The smallest absolute Gasteiger partial charge is 0.337 e. The van der Waals surface area contributed by atoms with Crippen molar-refractivity contribution in [3.05, 3.63) is 0 Å². The Balaban J connectivity index is 4.02. The minimum Gasteiger partial charge on any atom is -0.458 e. The quantitative estimate of drug-likeness (QED) is 0.513. The summed E-state index contributed by atoms with van der Waals surface area (Å²) in [6, 6.07) is 0. The van der Waals surface area contributed by atoms with Gasteiger partial charge in [0, 0.05) is 0 Å². The van der Waals surface area contributed by atoms with Crippen molar-refractivity contribution in [2.45, 2.75) is 45.8 Å². The molecule has 0 saturated heterocycles. The molecule has 72 valence electrons. The molecule has 2 N–H and O–H groups in total. The van der Waals surface area contributed by atoms with Gasteiger partial charge >= 0.3 is 5.97 Å². The lowest BCUT2D eigenvalue weighted by molar-refractivity contribution is -0.169.